The minimum Gasteiger partial charge on any atom is -0.480 e. The fraction of sp³-hybridized carbons (Fsp3) is 0.795. The lowest BCUT2D eigenvalue weighted by Gasteiger charge is -2.35. The average molecular weight is 707 g/mol. The van der Waals surface area contributed by atoms with Gasteiger partial charge in [-0.1, -0.05) is 168 Å². The molecule has 0 fully saturated rings. The Morgan fingerprint density at radius 3 is 1.62 bits per heavy atom. The Bertz CT molecular complexity index is 1040. The summed E-state index contributed by atoms with van der Waals surface area (Å²) in [6.45, 7) is 6.65. The van der Waals surface area contributed by atoms with Gasteiger partial charge in [0.25, 0.3) is 0 Å². The highest BCUT2D eigenvalue weighted by Crippen LogP contribution is 2.54. The van der Waals surface area contributed by atoms with E-state index in [0.717, 1.165) is 76.2 Å². The van der Waals surface area contributed by atoms with Crippen molar-refractivity contribution in [2.45, 2.75) is 213 Å². The predicted octanol–water partition coefficient (Wildman–Crippen LogP) is 15.1. The summed E-state index contributed by atoms with van der Waals surface area (Å²) in [5.74, 6) is -0.240. The van der Waals surface area contributed by atoms with Gasteiger partial charge in [0.1, 0.15) is 5.75 Å². The van der Waals surface area contributed by atoms with Gasteiger partial charge in [0.15, 0.2) is 6.10 Å². The molecule has 1 atom stereocenters. The quantitative estimate of drug-likeness (QED) is 0.0590. The van der Waals surface area contributed by atoms with Crippen LogP contribution in [-0.2, 0) is 4.74 Å². The number of hydrogen-bond acceptors (Lipinski definition) is 3. The lowest BCUT2D eigenvalue weighted by molar-refractivity contribution is -0.197. The third-order valence-corrected chi connectivity index (χ3v) is 11.0. The van der Waals surface area contributed by atoms with Gasteiger partial charge < -0.3 is 9.47 Å². The molecule has 0 N–H and O–H groups in total. The molecule has 0 saturated heterocycles. The number of ether oxygens (including phenoxy) is 2. The van der Waals surface area contributed by atoms with E-state index in [1.54, 1.807) is 18.2 Å². The molecule has 2 rings (SSSR count). The van der Waals surface area contributed by atoms with Gasteiger partial charge in [0.2, 0.25) is 0 Å². The molecule has 288 valence electrons. The van der Waals surface area contributed by atoms with Gasteiger partial charge >= 0.3 is 12.1 Å². The maximum Gasteiger partial charge on any atom is 0.425 e. The predicted molar refractivity (Wildman–Crippen MR) is 205 cm³/mol. The van der Waals surface area contributed by atoms with Crippen molar-refractivity contribution < 1.29 is 27.4 Å². The van der Waals surface area contributed by atoms with E-state index in [4.69, 9.17) is 9.47 Å². The van der Waals surface area contributed by atoms with E-state index in [9.17, 15) is 18.0 Å². The van der Waals surface area contributed by atoms with Crippen molar-refractivity contribution in [2.24, 2.45) is 5.41 Å². The third kappa shape index (κ3) is 16.6. The molecule has 1 aromatic carbocycles. The molecule has 0 radical (unpaired) electrons. The van der Waals surface area contributed by atoms with Crippen LogP contribution in [0.2, 0.25) is 0 Å². The molecule has 50 heavy (non-hydrogen) atoms. The second kappa shape index (κ2) is 25.9. The van der Waals surface area contributed by atoms with Crippen molar-refractivity contribution in [1.82, 2.24) is 0 Å². The first-order chi connectivity index (χ1) is 24.2. The van der Waals surface area contributed by atoms with E-state index >= 15 is 0 Å². The Labute approximate surface area is 304 Å². The maximum absolute atomic E-state index is 14.5. The van der Waals surface area contributed by atoms with Crippen LogP contribution in [0.1, 0.15) is 216 Å². The molecule has 0 spiro atoms. The summed E-state index contributed by atoms with van der Waals surface area (Å²) < 4.78 is 54.4. The van der Waals surface area contributed by atoms with Crippen molar-refractivity contribution in [3.05, 3.63) is 35.4 Å². The monoisotopic (exact) mass is 707 g/mol. The summed E-state index contributed by atoms with van der Waals surface area (Å²) in [6, 6.07) is 4.89. The Morgan fingerprint density at radius 1 is 0.700 bits per heavy atom. The van der Waals surface area contributed by atoms with E-state index in [1.165, 1.54) is 103 Å². The number of allylic oxidation sites excluding steroid dienone is 2. The van der Waals surface area contributed by atoms with Gasteiger partial charge in [-0.05, 0) is 67.7 Å². The molecule has 3 nitrogen and oxygen atoms in total. The molecule has 0 aromatic heterocycles. The van der Waals surface area contributed by atoms with Crippen LogP contribution in [0.25, 0.3) is 5.57 Å². The maximum atomic E-state index is 14.5. The van der Waals surface area contributed by atoms with Gasteiger partial charge in [0, 0.05) is 5.56 Å². The molecule has 0 heterocycles. The molecule has 0 amide bonds. The van der Waals surface area contributed by atoms with E-state index in [0.29, 0.717) is 17.5 Å². The van der Waals surface area contributed by atoms with E-state index in [-0.39, 0.29) is 17.6 Å². The van der Waals surface area contributed by atoms with Crippen LogP contribution in [0.3, 0.4) is 0 Å². The van der Waals surface area contributed by atoms with Gasteiger partial charge in [-0.25, -0.2) is 4.79 Å². The number of esters is 1. The van der Waals surface area contributed by atoms with E-state index < -0.39 is 18.2 Å². The number of rotatable bonds is 30. The molecule has 0 saturated carbocycles. The Morgan fingerprint density at radius 2 is 1.16 bits per heavy atom. The van der Waals surface area contributed by atoms with Crippen LogP contribution in [-0.4, -0.2) is 25.4 Å². The highest BCUT2D eigenvalue weighted by Gasteiger charge is 2.43. The van der Waals surface area contributed by atoms with Crippen LogP contribution in [0.5, 0.6) is 5.75 Å². The summed E-state index contributed by atoms with van der Waals surface area (Å²) in [5, 5.41) is 0. The minimum absolute atomic E-state index is 0.0594. The highest BCUT2D eigenvalue weighted by atomic mass is 19.4. The fourth-order valence-electron chi connectivity index (χ4n) is 7.90. The molecule has 0 aliphatic heterocycles. The summed E-state index contributed by atoms with van der Waals surface area (Å²) >= 11 is 0. The topological polar surface area (TPSA) is 35.5 Å². The van der Waals surface area contributed by atoms with E-state index in [1.807, 2.05) is 0 Å². The van der Waals surface area contributed by atoms with Crippen molar-refractivity contribution in [2.75, 3.05) is 7.11 Å². The summed E-state index contributed by atoms with van der Waals surface area (Å²) in [7, 11) is 1.35. The Hall–Kier alpha value is -1.98. The largest absolute Gasteiger partial charge is 0.480 e. The lowest BCUT2D eigenvalue weighted by Crippen LogP contribution is -2.34. The minimum atomic E-state index is -4.48. The van der Waals surface area contributed by atoms with Crippen molar-refractivity contribution >= 4 is 11.5 Å². The summed E-state index contributed by atoms with van der Waals surface area (Å²) in [4.78, 5) is 12.7. The normalized spacial score (nSPS) is 14.9. The first-order valence-electron chi connectivity index (χ1n) is 20.9. The van der Waals surface area contributed by atoms with Crippen molar-refractivity contribution in [3.8, 4) is 5.75 Å². The van der Waals surface area contributed by atoms with Crippen LogP contribution >= 0.6 is 0 Å². The van der Waals surface area contributed by atoms with Crippen molar-refractivity contribution in [3.63, 3.8) is 0 Å². The van der Waals surface area contributed by atoms with Crippen LogP contribution < -0.4 is 4.74 Å². The first kappa shape index (κ1) is 44.2. The number of carbonyl (C=O) groups excluding carboxylic acids is 1. The van der Waals surface area contributed by atoms with E-state index in [2.05, 4.69) is 26.8 Å². The number of benzene rings is 1. The number of hydrogen-bond donors (Lipinski definition) is 0. The van der Waals surface area contributed by atoms with Crippen LogP contribution in [0, 0.1) is 5.41 Å². The van der Waals surface area contributed by atoms with Gasteiger partial charge in [-0.3, -0.25) is 0 Å². The van der Waals surface area contributed by atoms with Crippen LogP contribution in [0.4, 0.5) is 13.2 Å². The lowest BCUT2D eigenvalue weighted by atomic mass is 9.70. The number of methoxy groups -OCH3 is 1. The first-order valence-corrected chi connectivity index (χ1v) is 20.9. The average Bonchev–Trinajstić information content (AvgIpc) is 3.52. The van der Waals surface area contributed by atoms with Gasteiger partial charge in [0.05, 0.1) is 12.7 Å². The molecule has 1 aliphatic carbocycles. The molecular weight excluding hydrogens is 633 g/mol. The second-order valence-corrected chi connectivity index (χ2v) is 15.1. The molecular formula is C44H73F3O3. The Balaban J connectivity index is 2.30. The molecule has 1 aliphatic rings. The smallest absolute Gasteiger partial charge is 0.425 e. The highest BCUT2D eigenvalue weighted by molar-refractivity contribution is 5.91. The number of halogens is 3. The molecule has 1 aromatic rings. The standard InChI is InChI=1S/C44H73F3O3/c1-5-8-11-14-17-20-23-26-33-43(34-27-24-21-18-15-12-9-6-2)35-28-29-39(43)38-36-37(42(48)49-4)31-32-40(38)50-41(44(45,46)47)30-25-22-19-16-13-10-7-3/h29,31-32,36,41H,5-28,30,33-35H2,1-4H3. The van der Waals surface area contributed by atoms with Gasteiger partial charge in [-0.2, -0.15) is 13.2 Å². The van der Waals surface area contributed by atoms with Crippen molar-refractivity contribution in [1.29, 1.82) is 0 Å². The zero-order valence-electron chi connectivity index (χ0n) is 32.5. The van der Waals surface area contributed by atoms with Gasteiger partial charge in [-0.15, -0.1) is 0 Å². The molecule has 6 heteroatoms. The fourth-order valence-corrected chi connectivity index (χ4v) is 7.90. The number of unbranched alkanes of at least 4 members (excludes halogenated alkanes) is 20. The summed E-state index contributed by atoms with van der Waals surface area (Å²) in [6.07, 6.45) is 26.4. The zero-order chi connectivity index (χ0) is 36.5. The molecule has 0 bridgehead atoms. The SMILES string of the molecule is CCCCCCCCCCC1(CCCCCCCCCC)CCC=C1c1cc(C(=O)OC)ccc1OC(CCCCCCCCC)C(F)(F)F. The third-order valence-electron chi connectivity index (χ3n) is 11.0. The summed E-state index contributed by atoms with van der Waals surface area (Å²) in [5.41, 5.74) is 1.97. The molecule has 1 unspecified atom stereocenters. The Kier molecular flexibility index (Phi) is 22.9. The second-order valence-electron chi connectivity index (χ2n) is 15.1. The van der Waals surface area contributed by atoms with Crippen LogP contribution in [0.15, 0.2) is 24.3 Å². The number of carbonyl (C=O) groups is 1. The zero-order valence-corrected chi connectivity index (χ0v) is 32.5. The number of alkyl halides is 3.